The number of nitrogens with one attached hydrogen (secondary N) is 1. The van der Waals surface area contributed by atoms with Crippen LogP contribution >= 0.6 is 11.6 Å². The van der Waals surface area contributed by atoms with Crippen molar-refractivity contribution in [1.29, 1.82) is 0 Å². The number of aryl methyl sites for hydroxylation is 1. The average Bonchev–Trinajstić information content (AvgIpc) is 2.40. The van der Waals surface area contributed by atoms with Crippen molar-refractivity contribution >= 4 is 17.3 Å². The normalized spacial score (nSPS) is 11.5. The molecule has 0 saturated heterocycles. The third-order valence-corrected chi connectivity index (χ3v) is 3.28. The number of benzene rings is 2. The highest BCUT2D eigenvalue weighted by Crippen LogP contribution is 2.33. The lowest BCUT2D eigenvalue weighted by Gasteiger charge is -2.12. The fraction of sp³-hybridized carbons (Fsp3) is 0.200. The predicted octanol–water partition coefficient (Wildman–Crippen LogP) is 5.42. The average molecular weight is 318 g/mol. The molecule has 1 N–H and O–H groups in total. The maximum Gasteiger partial charge on any atom is 0.416 e. The van der Waals surface area contributed by atoms with Crippen LogP contribution in [-0.4, -0.2) is 0 Å². The summed E-state index contributed by atoms with van der Waals surface area (Å²) in [5.74, 6) is -0.379. The van der Waals surface area contributed by atoms with Crippen LogP contribution in [0.5, 0.6) is 0 Å². The van der Waals surface area contributed by atoms with Gasteiger partial charge in [0.15, 0.2) is 0 Å². The number of halogens is 5. The molecule has 2 aromatic rings. The fourth-order valence-electron chi connectivity index (χ4n) is 1.86. The van der Waals surface area contributed by atoms with Gasteiger partial charge in [-0.3, -0.25) is 0 Å². The molecule has 0 aliphatic rings. The molecule has 2 rings (SSSR count). The monoisotopic (exact) mass is 317 g/mol. The van der Waals surface area contributed by atoms with Crippen molar-refractivity contribution in [3.63, 3.8) is 0 Å². The number of anilines is 1. The van der Waals surface area contributed by atoms with Crippen molar-refractivity contribution in [2.45, 2.75) is 19.6 Å². The van der Waals surface area contributed by atoms with E-state index < -0.39 is 11.7 Å². The first-order chi connectivity index (χ1) is 9.77. The van der Waals surface area contributed by atoms with Gasteiger partial charge >= 0.3 is 6.18 Å². The predicted molar refractivity (Wildman–Crippen MR) is 74.9 cm³/mol. The standard InChI is InChI=1S/C15H12ClF4N/c1-9-2-4-13(17)10(6-9)8-21-14-5-3-11(7-12(14)16)15(18,19)20/h2-7,21H,8H2,1H3. The molecule has 21 heavy (non-hydrogen) atoms. The number of hydrogen-bond donors (Lipinski definition) is 1. The molecule has 0 saturated carbocycles. The van der Waals surface area contributed by atoms with Crippen LogP contribution in [0.2, 0.25) is 5.02 Å². The van der Waals surface area contributed by atoms with Gasteiger partial charge in [-0.25, -0.2) is 4.39 Å². The van der Waals surface area contributed by atoms with Crippen LogP contribution in [0.1, 0.15) is 16.7 Å². The smallest absolute Gasteiger partial charge is 0.380 e. The van der Waals surface area contributed by atoms with E-state index in [1.807, 2.05) is 6.92 Å². The quantitative estimate of drug-likeness (QED) is 0.745. The molecule has 0 bridgehead atoms. The van der Waals surface area contributed by atoms with E-state index in [1.54, 1.807) is 12.1 Å². The van der Waals surface area contributed by atoms with Crippen LogP contribution in [0.3, 0.4) is 0 Å². The Labute approximate surface area is 124 Å². The Morgan fingerprint density at radius 2 is 1.81 bits per heavy atom. The second kappa shape index (κ2) is 5.93. The summed E-state index contributed by atoms with van der Waals surface area (Å²) in [6.07, 6.45) is -4.44. The molecule has 112 valence electrons. The molecule has 0 fully saturated rings. The molecule has 0 spiro atoms. The molecule has 0 heterocycles. The Morgan fingerprint density at radius 1 is 1.10 bits per heavy atom. The Hall–Kier alpha value is -1.75. The molecule has 0 aromatic heterocycles. The number of rotatable bonds is 3. The molecule has 0 unspecified atom stereocenters. The van der Waals surface area contributed by atoms with Gasteiger partial charge in [0.25, 0.3) is 0 Å². The molecule has 0 amide bonds. The Bertz CT molecular complexity index is 653. The van der Waals surface area contributed by atoms with Gasteiger partial charge in [-0.05, 0) is 31.2 Å². The molecule has 6 heteroatoms. The van der Waals surface area contributed by atoms with E-state index in [4.69, 9.17) is 11.6 Å². The third kappa shape index (κ3) is 3.88. The van der Waals surface area contributed by atoms with E-state index >= 15 is 0 Å². The number of hydrogen-bond acceptors (Lipinski definition) is 1. The summed E-state index contributed by atoms with van der Waals surface area (Å²) in [6.45, 7) is 1.96. The molecular weight excluding hydrogens is 306 g/mol. The Kier molecular flexibility index (Phi) is 4.42. The summed E-state index contributed by atoms with van der Waals surface area (Å²) in [5.41, 5.74) is 0.822. The summed E-state index contributed by atoms with van der Waals surface area (Å²) < 4.78 is 51.1. The van der Waals surface area contributed by atoms with Crippen LogP contribution in [-0.2, 0) is 12.7 Å². The highest BCUT2D eigenvalue weighted by Gasteiger charge is 2.30. The summed E-state index contributed by atoms with van der Waals surface area (Å²) in [5, 5.41) is 2.78. The molecule has 0 aliphatic carbocycles. The fourth-order valence-corrected chi connectivity index (χ4v) is 2.11. The molecule has 0 aliphatic heterocycles. The minimum Gasteiger partial charge on any atom is -0.380 e. The van der Waals surface area contributed by atoms with Gasteiger partial charge < -0.3 is 5.32 Å². The van der Waals surface area contributed by atoms with Gasteiger partial charge in [-0.2, -0.15) is 13.2 Å². The van der Waals surface area contributed by atoms with Crippen molar-refractivity contribution < 1.29 is 17.6 Å². The summed E-state index contributed by atoms with van der Waals surface area (Å²) in [4.78, 5) is 0. The van der Waals surface area contributed by atoms with E-state index in [0.717, 1.165) is 17.7 Å². The lowest BCUT2D eigenvalue weighted by atomic mass is 10.1. The van der Waals surface area contributed by atoms with E-state index in [0.29, 0.717) is 11.3 Å². The molecule has 0 atom stereocenters. The lowest BCUT2D eigenvalue weighted by molar-refractivity contribution is -0.137. The zero-order valence-corrected chi connectivity index (χ0v) is 11.8. The van der Waals surface area contributed by atoms with Crippen LogP contribution in [0.4, 0.5) is 23.2 Å². The van der Waals surface area contributed by atoms with Crippen LogP contribution in [0.25, 0.3) is 0 Å². The van der Waals surface area contributed by atoms with Crippen molar-refractivity contribution in [1.82, 2.24) is 0 Å². The van der Waals surface area contributed by atoms with Gasteiger partial charge in [-0.15, -0.1) is 0 Å². The summed E-state index contributed by atoms with van der Waals surface area (Å²) in [7, 11) is 0. The molecule has 0 radical (unpaired) electrons. The second-order valence-corrected chi connectivity index (χ2v) is 5.05. The zero-order valence-electron chi connectivity index (χ0n) is 11.1. The second-order valence-electron chi connectivity index (χ2n) is 4.64. The summed E-state index contributed by atoms with van der Waals surface area (Å²) in [6, 6.07) is 7.67. The molecular formula is C15H12ClF4N. The Morgan fingerprint density at radius 3 is 2.43 bits per heavy atom. The van der Waals surface area contributed by atoms with E-state index in [9.17, 15) is 17.6 Å². The first kappa shape index (κ1) is 15.6. The largest absolute Gasteiger partial charge is 0.416 e. The maximum atomic E-state index is 13.6. The third-order valence-electron chi connectivity index (χ3n) is 2.97. The lowest BCUT2D eigenvalue weighted by Crippen LogP contribution is -2.06. The minimum atomic E-state index is -4.44. The van der Waals surface area contributed by atoms with Crippen molar-refractivity contribution in [2.24, 2.45) is 0 Å². The topological polar surface area (TPSA) is 12.0 Å². The van der Waals surface area contributed by atoms with Gasteiger partial charge in [0.2, 0.25) is 0 Å². The zero-order chi connectivity index (χ0) is 15.6. The van der Waals surface area contributed by atoms with E-state index in [-0.39, 0.29) is 17.4 Å². The summed E-state index contributed by atoms with van der Waals surface area (Å²) >= 11 is 5.82. The highest BCUT2D eigenvalue weighted by atomic mass is 35.5. The van der Waals surface area contributed by atoms with E-state index in [1.165, 1.54) is 12.1 Å². The van der Waals surface area contributed by atoms with Gasteiger partial charge in [0.1, 0.15) is 5.82 Å². The van der Waals surface area contributed by atoms with Crippen LogP contribution in [0.15, 0.2) is 36.4 Å². The maximum absolute atomic E-state index is 13.6. The van der Waals surface area contributed by atoms with Gasteiger partial charge in [0.05, 0.1) is 16.3 Å². The van der Waals surface area contributed by atoms with Crippen LogP contribution < -0.4 is 5.32 Å². The van der Waals surface area contributed by atoms with Crippen molar-refractivity contribution in [2.75, 3.05) is 5.32 Å². The van der Waals surface area contributed by atoms with Crippen LogP contribution in [0, 0.1) is 12.7 Å². The molecule has 1 nitrogen and oxygen atoms in total. The minimum absolute atomic E-state index is 0.0575. The molecule has 2 aromatic carbocycles. The first-order valence-corrected chi connectivity index (χ1v) is 6.51. The van der Waals surface area contributed by atoms with Gasteiger partial charge in [-0.1, -0.05) is 29.3 Å². The van der Waals surface area contributed by atoms with Crippen molar-refractivity contribution in [3.05, 3.63) is 63.9 Å². The number of alkyl halides is 3. The van der Waals surface area contributed by atoms with Gasteiger partial charge in [0, 0.05) is 12.1 Å². The van der Waals surface area contributed by atoms with Crippen molar-refractivity contribution in [3.8, 4) is 0 Å². The first-order valence-electron chi connectivity index (χ1n) is 6.13. The highest BCUT2D eigenvalue weighted by molar-refractivity contribution is 6.33. The van der Waals surface area contributed by atoms with E-state index in [2.05, 4.69) is 5.32 Å². The SMILES string of the molecule is Cc1ccc(F)c(CNc2ccc(C(F)(F)F)cc2Cl)c1. The Balaban J connectivity index is 2.15.